The number of furan rings is 1. The van der Waals surface area contributed by atoms with Crippen molar-refractivity contribution in [2.24, 2.45) is 0 Å². The van der Waals surface area contributed by atoms with E-state index in [2.05, 4.69) is 4.72 Å². The van der Waals surface area contributed by atoms with Crippen molar-refractivity contribution in [3.05, 3.63) is 77.3 Å². The summed E-state index contributed by atoms with van der Waals surface area (Å²) >= 11 is 5.90. The molecule has 0 aliphatic carbocycles. The van der Waals surface area contributed by atoms with Crippen molar-refractivity contribution >= 4 is 49.5 Å². The maximum absolute atomic E-state index is 13.0. The van der Waals surface area contributed by atoms with E-state index < -0.39 is 22.0 Å². The lowest BCUT2D eigenvalue weighted by atomic mass is 10.0. The number of aryl methyl sites for hydroxylation is 1. The van der Waals surface area contributed by atoms with Crippen molar-refractivity contribution in [2.45, 2.75) is 49.5 Å². The number of benzene rings is 3. The van der Waals surface area contributed by atoms with Crippen molar-refractivity contribution in [1.82, 2.24) is 4.72 Å². The molecule has 4 rings (SSSR count). The monoisotopic (exact) mass is 499 g/mol. The number of aliphatic carboxylic acids is 1. The Balaban J connectivity index is 1.34. The Hall–Kier alpha value is -2.87. The third kappa shape index (κ3) is 5.78. The number of para-hydroxylation sites is 1. The van der Waals surface area contributed by atoms with Crippen LogP contribution >= 0.6 is 11.6 Å². The van der Waals surface area contributed by atoms with E-state index in [4.69, 9.17) is 16.0 Å². The molecule has 0 spiro atoms. The molecule has 1 atom stereocenters. The van der Waals surface area contributed by atoms with Gasteiger partial charge in [0.2, 0.25) is 10.0 Å². The summed E-state index contributed by atoms with van der Waals surface area (Å²) in [7, 11) is -4.01. The van der Waals surface area contributed by atoms with E-state index >= 15 is 0 Å². The van der Waals surface area contributed by atoms with Gasteiger partial charge in [0.1, 0.15) is 17.2 Å². The fourth-order valence-corrected chi connectivity index (χ4v) is 5.42. The largest absolute Gasteiger partial charge is 0.480 e. The minimum Gasteiger partial charge on any atom is -0.480 e. The molecule has 0 aliphatic heterocycles. The van der Waals surface area contributed by atoms with Gasteiger partial charge >= 0.3 is 5.97 Å². The average molecular weight is 500 g/mol. The number of carbonyl (C=O) groups is 1. The normalized spacial score (nSPS) is 12.9. The van der Waals surface area contributed by atoms with Crippen LogP contribution in [0.3, 0.4) is 0 Å². The smallest absolute Gasteiger partial charge is 0.321 e. The lowest BCUT2D eigenvalue weighted by molar-refractivity contribution is -0.139. The molecule has 4 aromatic rings. The van der Waals surface area contributed by atoms with Crippen LogP contribution in [0.5, 0.6) is 0 Å². The van der Waals surface area contributed by atoms with Crippen LogP contribution in [0.1, 0.15) is 37.7 Å². The molecule has 178 valence electrons. The number of hydrogen-bond donors (Lipinski definition) is 2. The standard InChI is InChI=1S/C26H26ClNO5S/c27-19-13-11-18(12-14-19)7-3-1-2-4-9-23(26(29)30)28-34(31,32)20-15-16-25-22(17-20)21-8-5-6-10-24(21)33-25/h5-6,8,10-17,23,28H,1-4,7,9H2,(H,29,30). The van der Waals surface area contributed by atoms with Gasteiger partial charge in [0, 0.05) is 15.8 Å². The summed E-state index contributed by atoms with van der Waals surface area (Å²) in [5.74, 6) is -1.18. The minimum absolute atomic E-state index is 0.0146. The Bertz CT molecular complexity index is 1400. The summed E-state index contributed by atoms with van der Waals surface area (Å²) in [6.45, 7) is 0. The molecule has 1 aromatic heterocycles. The fraction of sp³-hybridized carbons (Fsp3) is 0.269. The summed E-state index contributed by atoms with van der Waals surface area (Å²) in [5, 5.41) is 11.8. The molecule has 6 nitrogen and oxygen atoms in total. The first-order valence-corrected chi connectivity index (χ1v) is 13.1. The number of carboxylic acid groups (broad SMARTS) is 1. The highest BCUT2D eigenvalue weighted by atomic mass is 35.5. The number of sulfonamides is 1. The summed E-state index contributed by atoms with van der Waals surface area (Å²) in [6.07, 6.45) is 4.51. The fourth-order valence-electron chi connectivity index (χ4n) is 4.04. The molecule has 0 aliphatic rings. The molecule has 8 heteroatoms. The maximum Gasteiger partial charge on any atom is 0.321 e. The lowest BCUT2D eigenvalue weighted by Gasteiger charge is -2.15. The third-order valence-corrected chi connectivity index (χ3v) is 7.60. The molecule has 0 fully saturated rings. The van der Waals surface area contributed by atoms with Crippen molar-refractivity contribution in [3.63, 3.8) is 0 Å². The first kappa shape index (κ1) is 24.3. The average Bonchev–Trinajstić information content (AvgIpc) is 3.19. The molecule has 1 unspecified atom stereocenters. The molecule has 0 saturated carbocycles. The molecule has 3 aromatic carbocycles. The Morgan fingerprint density at radius 1 is 0.912 bits per heavy atom. The van der Waals surface area contributed by atoms with Crippen molar-refractivity contribution < 1.29 is 22.7 Å². The van der Waals surface area contributed by atoms with Gasteiger partial charge in [-0.25, -0.2) is 8.42 Å². The van der Waals surface area contributed by atoms with E-state index in [1.807, 2.05) is 48.5 Å². The summed E-state index contributed by atoms with van der Waals surface area (Å²) < 4.78 is 34.0. The van der Waals surface area contributed by atoms with Gasteiger partial charge in [0.05, 0.1) is 4.90 Å². The van der Waals surface area contributed by atoms with Gasteiger partial charge in [0.25, 0.3) is 0 Å². The minimum atomic E-state index is -4.01. The number of nitrogens with one attached hydrogen (secondary N) is 1. The van der Waals surface area contributed by atoms with Crippen molar-refractivity contribution in [2.75, 3.05) is 0 Å². The van der Waals surface area contributed by atoms with Gasteiger partial charge in [0.15, 0.2) is 0 Å². The predicted octanol–water partition coefficient (Wildman–Crippen LogP) is 6.16. The second-order valence-electron chi connectivity index (χ2n) is 8.35. The number of carboxylic acids is 1. The van der Waals surface area contributed by atoms with Crippen molar-refractivity contribution in [1.29, 1.82) is 0 Å². The van der Waals surface area contributed by atoms with Gasteiger partial charge in [-0.3, -0.25) is 4.79 Å². The maximum atomic E-state index is 13.0. The number of unbranched alkanes of at least 4 members (excludes halogenated alkanes) is 3. The zero-order valence-corrected chi connectivity index (χ0v) is 20.1. The number of rotatable bonds is 11. The second-order valence-corrected chi connectivity index (χ2v) is 10.5. The topological polar surface area (TPSA) is 96.6 Å². The highest BCUT2D eigenvalue weighted by Crippen LogP contribution is 2.30. The van der Waals surface area contributed by atoms with E-state index in [1.165, 1.54) is 17.7 Å². The molecule has 34 heavy (non-hydrogen) atoms. The SMILES string of the molecule is O=C(O)C(CCCCCCc1ccc(Cl)cc1)NS(=O)(=O)c1ccc2oc3ccccc3c2c1. The van der Waals surface area contributed by atoms with Crippen LogP contribution in [-0.4, -0.2) is 25.5 Å². The zero-order valence-electron chi connectivity index (χ0n) is 18.5. The molecular formula is C26H26ClNO5S. The summed E-state index contributed by atoms with van der Waals surface area (Å²) in [5.41, 5.74) is 2.45. The van der Waals surface area contributed by atoms with Gasteiger partial charge in [-0.1, -0.05) is 61.2 Å². The van der Waals surface area contributed by atoms with Crippen LogP contribution in [-0.2, 0) is 21.2 Å². The highest BCUT2D eigenvalue weighted by Gasteiger charge is 2.25. The Morgan fingerprint density at radius 3 is 2.38 bits per heavy atom. The summed E-state index contributed by atoms with van der Waals surface area (Å²) in [6, 6.07) is 18.5. The lowest BCUT2D eigenvalue weighted by Crippen LogP contribution is -2.40. The van der Waals surface area contributed by atoms with Crippen LogP contribution in [0.25, 0.3) is 21.9 Å². The van der Waals surface area contributed by atoms with E-state index in [0.717, 1.165) is 31.1 Å². The summed E-state index contributed by atoms with van der Waals surface area (Å²) in [4.78, 5) is 11.7. The van der Waals surface area contributed by atoms with Crippen LogP contribution in [0.2, 0.25) is 5.02 Å². The van der Waals surface area contributed by atoms with Gasteiger partial charge in [-0.2, -0.15) is 4.72 Å². The highest BCUT2D eigenvalue weighted by molar-refractivity contribution is 7.89. The first-order valence-electron chi connectivity index (χ1n) is 11.2. The van der Waals surface area contributed by atoms with Gasteiger partial charge in [-0.15, -0.1) is 0 Å². The quantitative estimate of drug-likeness (QED) is 0.241. The van der Waals surface area contributed by atoms with Gasteiger partial charge in [-0.05, 0) is 61.2 Å². The number of fused-ring (bicyclic) bond motifs is 3. The van der Waals surface area contributed by atoms with Crippen LogP contribution < -0.4 is 4.72 Å². The van der Waals surface area contributed by atoms with E-state index in [9.17, 15) is 18.3 Å². The molecule has 0 saturated heterocycles. The van der Waals surface area contributed by atoms with Crippen LogP contribution in [0.4, 0.5) is 0 Å². The molecule has 2 N–H and O–H groups in total. The number of halogens is 1. The third-order valence-electron chi connectivity index (χ3n) is 5.88. The zero-order chi connectivity index (χ0) is 24.1. The van der Waals surface area contributed by atoms with E-state index in [1.54, 1.807) is 6.07 Å². The molecule has 0 amide bonds. The Morgan fingerprint density at radius 2 is 1.62 bits per heavy atom. The van der Waals surface area contributed by atoms with E-state index in [-0.39, 0.29) is 11.3 Å². The first-order chi connectivity index (χ1) is 16.3. The molecular weight excluding hydrogens is 474 g/mol. The van der Waals surface area contributed by atoms with E-state index in [0.29, 0.717) is 28.0 Å². The Kier molecular flexibility index (Phi) is 7.56. The molecule has 0 bridgehead atoms. The molecule has 1 heterocycles. The Labute approximate surface area is 203 Å². The molecule has 0 radical (unpaired) electrons. The van der Waals surface area contributed by atoms with Crippen LogP contribution in [0.15, 0.2) is 76.0 Å². The van der Waals surface area contributed by atoms with Crippen molar-refractivity contribution in [3.8, 4) is 0 Å². The van der Waals surface area contributed by atoms with Gasteiger partial charge < -0.3 is 9.52 Å². The predicted molar refractivity (Wildman–Crippen MR) is 134 cm³/mol. The second kappa shape index (κ2) is 10.6. The number of hydrogen-bond acceptors (Lipinski definition) is 4. The van der Waals surface area contributed by atoms with Crippen LogP contribution in [0, 0.1) is 0 Å².